The van der Waals surface area contributed by atoms with E-state index in [2.05, 4.69) is 13.8 Å². The maximum Gasteiger partial charge on any atom is 0.161 e. The highest BCUT2D eigenvalue weighted by Gasteiger charge is 2.63. The Bertz CT molecular complexity index is 548. The number of hydrogen-bond acceptors (Lipinski definition) is 4. The largest absolute Gasteiger partial charge is 0.393 e. The Morgan fingerprint density at radius 3 is 2.52 bits per heavy atom. The number of ketones is 1. The molecule has 0 aromatic heterocycles. The van der Waals surface area contributed by atoms with Gasteiger partial charge in [-0.1, -0.05) is 13.8 Å². The zero-order valence-electron chi connectivity index (χ0n) is 15.7. The highest BCUT2D eigenvalue weighted by atomic mass is 16.3. The first-order chi connectivity index (χ1) is 11.8. The van der Waals surface area contributed by atoms with Gasteiger partial charge < -0.3 is 15.3 Å². The lowest BCUT2D eigenvalue weighted by atomic mass is 9.44. The van der Waals surface area contributed by atoms with Crippen LogP contribution in [0.15, 0.2) is 0 Å². The van der Waals surface area contributed by atoms with E-state index >= 15 is 0 Å². The molecule has 4 aliphatic carbocycles. The minimum Gasteiger partial charge on any atom is -0.393 e. The van der Waals surface area contributed by atoms with Crippen molar-refractivity contribution >= 4 is 5.78 Å². The van der Waals surface area contributed by atoms with Gasteiger partial charge in [-0.3, -0.25) is 4.79 Å². The Balaban J connectivity index is 1.65. The van der Waals surface area contributed by atoms with Gasteiger partial charge in [0.2, 0.25) is 0 Å². The lowest BCUT2D eigenvalue weighted by Gasteiger charge is -2.62. The first-order valence-corrected chi connectivity index (χ1v) is 10.3. The molecular formula is C21H34O4. The maximum absolute atomic E-state index is 12.3. The number of hydrogen-bond donors (Lipinski definition) is 3. The van der Waals surface area contributed by atoms with Crippen LogP contribution in [0.4, 0.5) is 0 Å². The molecule has 0 saturated heterocycles. The van der Waals surface area contributed by atoms with E-state index in [4.69, 9.17) is 0 Å². The van der Waals surface area contributed by atoms with Gasteiger partial charge in [0, 0.05) is 5.92 Å². The molecule has 0 aromatic rings. The van der Waals surface area contributed by atoms with Crippen molar-refractivity contribution < 1.29 is 20.1 Å². The summed E-state index contributed by atoms with van der Waals surface area (Å²) in [5.74, 6) is 1.69. The minimum atomic E-state index is -0.366. The van der Waals surface area contributed by atoms with Gasteiger partial charge in [0.05, 0.1) is 12.2 Å². The topological polar surface area (TPSA) is 77.8 Å². The molecule has 0 amide bonds. The number of aliphatic hydroxyl groups is 3. The van der Waals surface area contributed by atoms with Crippen LogP contribution in [0.2, 0.25) is 0 Å². The van der Waals surface area contributed by atoms with Gasteiger partial charge in [0.15, 0.2) is 5.78 Å². The van der Waals surface area contributed by atoms with Crippen molar-refractivity contribution in [3.63, 3.8) is 0 Å². The molecule has 0 heterocycles. The molecular weight excluding hydrogens is 316 g/mol. The van der Waals surface area contributed by atoms with Gasteiger partial charge in [0.1, 0.15) is 6.61 Å². The predicted octanol–water partition coefficient (Wildman–Crippen LogP) is 2.54. The predicted molar refractivity (Wildman–Crippen MR) is 94.7 cm³/mol. The summed E-state index contributed by atoms with van der Waals surface area (Å²) < 4.78 is 0. The Kier molecular flexibility index (Phi) is 4.33. The van der Waals surface area contributed by atoms with Crippen LogP contribution in [0.25, 0.3) is 0 Å². The molecule has 0 spiro atoms. The molecule has 0 bridgehead atoms. The second-order valence-electron chi connectivity index (χ2n) is 10.0. The van der Waals surface area contributed by atoms with Gasteiger partial charge in [-0.15, -0.1) is 0 Å². The van der Waals surface area contributed by atoms with Crippen molar-refractivity contribution in [2.45, 2.75) is 77.4 Å². The zero-order chi connectivity index (χ0) is 18.0. The average Bonchev–Trinajstić information content (AvgIpc) is 2.91. The fourth-order valence-corrected chi connectivity index (χ4v) is 8.00. The van der Waals surface area contributed by atoms with Gasteiger partial charge in [-0.05, 0) is 85.9 Å². The summed E-state index contributed by atoms with van der Waals surface area (Å²) in [5.41, 5.74) is -0.0280. The molecule has 4 aliphatic rings. The summed E-state index contributed by atoms with van der Waals surface area (Å²) in [6.45, 7) is 4.19. The smallest absolute Gasteiger partial charge is 0.161 e. The number of carbonyl (C=O) groups excluding carboxylic acids is 1. The van der Waals surface area contributed by atoms with Crippen molar-refractivity contribution in [2.75, 3.05) is 6.61 Å². The fourth-order valence-electron chi connectivity index (χ4n) is 8.00. The Morgan fingerprint density at radius 1 is 1.04 bits per heavy atom. The monoisotopic (exact) mass is 350 g/mol. The lowest BCUT2D eigenvalue weighted by molar-refractivity contribution is -0.179. The van der Waals surface area contributed by atoms with Crippen LogP contribution in [0.1, 0.15) is 65.2 Å². The van der Waals surface area contributed by atoms with E-state index in [-0.39, 0.29) is 41.3 Å². The second kappa shape index (κ2) is 6.03. The minimum absolute atomic E-state index is 0.0312. The highest BCUT2D eigenvalue weighted by Crippen LogP contribution is 2.67. The van der Waals surface area contributed by atoms with Crippen molar-refractivity contribution in [1.29, 1.82) is 0 Å². The standard InChI is InChI=1S/C21H34O4/c1-20-8-7-13(23)9-12(20)3-4-14-15-5-6-16(18(25)11-22)21(15,2)10-17(24)19(14)20/h12-17,19,22-24H,3-11H2,1-2H3/t12-,13+,14+,15+,16-,17-,19-,20+,21+/m1/s1. The van der Waals surface area contributed by atoms with Gasteiger partial charge in [-0.2, -0.15) is 0 Å². The molecule has 4 nitrogen and oxygen atoms in total. The molecule has 0 aromatic carbocycles. The van der Waals surface area contributed by atoms with E-state index in [0.29, 0.717) is 30.1 Å². The molecule has 0 aliphatic heterocycles. The highest BCUT2D eigenvalue weighted by molar-refractivity contribution is 5.83. The third-order valence-corrected chi connectivity index (χ3v) is 9.11. The van der Waals surface area contributed by atoms with E-state index in [1.54, 1.807) is 0 Å². The normalized spacial score (nSPS) is 55.2. The van der Waals surface area contributed by atoms with Crippen LogP contribution in [0.3, 0.4) is 0 Å². The van der Waals surface area contributed by atoms with Crippen molar-refractivity contribution in [3.8, 4) is 0 Å². The number of Topliss-reactive ketones (excluding diaryl/α,β-unsaturated/α-hetero) is 1. The Labute approximate surface area is 151 Å². The number of fused-ring (bicyclic) bond motifs is 5. The summed E-state index contributed by atoms with van der Waals surface area (Å²) >= 11 is 0. The number of aliphatic hydroxyl groups excluding tert-OH is 3. The van der Waals surface area contributed by atoms with E-state index in [9.17, 15) is 20.1 Å². The molecule has 4 fully saturated rings. The first kappa shape index (κ1) is 17.9. The van der Waals surface area contributed by atoms with E-state index in [1.807, 2.05) is 0 Å². The molecule has 3 N–H and O–H groups in total. The van der Waals surface area contributed by atoms with Gasteiger partial charge in [-0.25, -0.2) is 0 Å². The summed E-state index contributed by atoms with van der Waals surface area (Å²) in [4.78, 5) is 12.3. The van der Waals surface area contributed by atoms with Crippen LogP contribution in [0, 0.1) is 40.4 Å². The molecule has 4 rings (SSSR count). The Morgan fingerprint density at radius 2 is 1.80 bits per heavy atom. The summed E-state index contributed by atoms with van der Waals surface area (Å²) in [7, 11) is 0. The first-order valence-electron chi connectivity index (χ1n) is 10.3. The molecule has 9 atom stereocenters. The van der Waals surface area contributed by atoms with Gasteiger partial charge >= 0.3 is 0 Å². The molecule has 0 radical (unpaired) electrons. The molecule has 4 saturated carbocycles. The quantitative estimate of drug-likeness (QED) is 0.715. The maximum atomic E-state index is 12.3. The van der Waals surface area contributed by atoms with Crippen LogP contribution in [0.5, 0.6) is 0 Å². The number of carbonyl (C=O) groups is 1. The van der Waals surface area contributed by atoms with Crippen LogP contribution in [-0.4, -0.2) is 39.9 Å². The second-order valence-corrected chi connectivity index (χ2v) is 10.0. The van der Waals surface area contributed by atoms with Crippen molar-refractivity contribution in [1.82, 2.24) is 0 Å². The molecule has 25 heavy (non-hydrogen) atoms. The zero-order valence-corrected chi connectivity index (χ0v) is 15.7. The van der Waals surface area contributed by atoms with E-state index in [0.717, 1.165) is 44.9 Å². The third-order valence-electron chi connectivity index (χ3n) is 9.11. The molecule has 0 unspecified atom stereocenters. The summed E-state index contributed by atoms with van der Waals surface area (Å²) in [6.07, 6.45) is 7.12. The van der Waals surface area contributed by atoms with Crippen LogP contribution in [-0.2, 0) is 4.79 Å². The van der Waals surface area contributed by atoms with Gasteiger partial charge in [0.25, 0.3) is 0 Å². The SMILES string of the molecule is C[C@]12CC[C@H](O)C[C@H]1CC[C@@H]1[C@@H]2[C@H](O)C[C@]2(C)[C@@H](C(=O)CO)CC[C@@H]12. The average molecular weight is 350 g/mol. The van der Waals surface area contributed by atoms with Crippen molar-refractivity contribution in [3.05, 3.63) is 0 Å². The lowest BCUT2D eigenvalue weighted by Crippen LogP contribution is -2.59. The van der Waals surface area contributed by atoms with E-state index < -0.39 is 0 Å². The summed E-state index contributed by atoms with van der Waals surface area (Å²) in [6, 6.07) is 0. The molecule has 4 heteroatoms. The summed E-state index contributed by atoms with van der Waals surface area (Å²) in [5, 5.41) is 30.7. The third kappa shape index (κ3) is 2.47. The fraction of sp³-hybridized carbons (Fsp3) is 0.952. The number of rotatable bonds is 2. The molecule has 142 valence electrons. The van der Waals surface area contributed by atoms with Crippen LogP contribution >= 0.6 is 0 Å². The van der Waals surface area contributed by atoms with Crippen molar-refractivity contribution in [2.24, 2.45) is 40.4 Å². The van der Waals surface area contributed by atoms with E-state index in [1.165, 1.54) is 0 Å². The van der Waals surface area contributed by atoms with Crippen LogP contribution < -0.4 is 0 Å². The Hall–Kier alpha value is -0.450.